The van der Waals surface area contributed by atoms with Gasteiger partial charge >= 0.3 is 5.97 Å². The predicted octanol–water partition coefficient (Wildman–Crippen LogP) is 3.87. The molecular weight excluding hydrogens is 306 g/mol. The van der Waals surface area contributed by atoms with Gasteiger partial charge in [0.05, 0.1) is 12.2 Å². The Morgan fingerprint density at radius 1 is 1.38 bits per heavy atom. The topological polar surface area (TPSA) is 55.4 Å². The van der Waals surface area contributed by atoms with Gasteiger partial charge in [-0.1, -0.05) is 6.07 Å². The molecule has 0 saturated carbocycles. The fraction of sp³-hybridized carbons (Fsp3) is 0.333. The van der Waals surface area contributed by atoms with Crippen LogP contribution in [0.25, 0.3) is 0 Å². The van der Waals surface area contributed by atoms with Crippen LogP contribution < -0.4 is 5.32 Å². The molecule has 2 rings (SSSR count). The number of ether oxygens (including phenoxy) is 1. The van der Waals surface area contributed by atoms with Crippen LogP contribution in [0, 0.1) is 6.92 Å². The summed E-state index contributed by atoms with van der Waals surface area (Å²) in [6.45, 7) is 3.98. The Morgan fingerprint density at radius 2 is 2.19 bits per heavy atom. The number of carbonyl (C=O) groups excluding carboxylic acids is 2. The van der Waals surface area contributed by atoms with Crippen molar-refractivity contribution in [1.82, 2.24) is 0 Å². The SMILES string of the molecule is CCOC(=O)c1cc(C)sc1NC(=O)CCc1cccs1. The summed E-state index contributed by atoms with van der Waals surface area (Å²) < 4.78 is 5.00. The number of amides is 1. The zero-order valence-corrected chi connectivity index (χ0v) is 13.6. The van der Waals surface area contributed by atoms with Gasteiger partial charge in [0.2, 0.25) is 5.91 Å². The van der Waals surface area contributed by atoms with Crippen LogP contribution in [-0.2, 0) is 16.0 Å². The first-order valence-electron chi connectivity index (χ1n) is 6.70. The summed E-state index contributed by atoms with van der Waals surface area (Å²) in [6, 6.07) is 5.73. The van der Waals surface area contributed by atoms with Crippen molar-refractivity contribution in [2.45, 2.75) is 26.7 Å². The molecule has 0 bridgehead atoms. The monoisotopic (exact) mass is 323 g/mol. The van der Waals surface area contributed by atoms with Gasteiger partial charge in [-0.25, -0.2) is 4.79 Å². The second-order valence-electron chi connectivity index (χ2n) is 4.45. The number of rotatable bonds is 6. The van der Waals surface area contributed by atoms with Gasteiger partial charge in [0.15, 0.2) is 0 Å². The van der Waals surface area contributed by atoms with E-state index in [-0.39, 0.29) is 5.91 Å². The van der Waals surface area contributed by atoms with E-state index in [1.165, 1.54) is 16.2 Å². The summed E-state index contributed by atoms with van der Waals surface area (Å²) in [5, 5.41) is 5.38. The summed E-state index contributed by atoms with van der Waals surface area (Å²) in [7, 11) is 0. The van der Waals surface area contributed by atoms with Gasteiger partial charge in [-0.3, -0.25) is 4.79 Å². The van der Waals surface area contributed by atoms with Crippen molar-refractivity contribution in [3.63, 3.8) is 0 Å². The molecule has 0 aliphatic heterocycles. The van der Waals surface area contributed by atoms with Gasteiger partial charge in [0, 0.05) is 16.2 Å². The van der Waals surface area contributed by atoms with Crippen molar-refractivity contribution in [1.29, 1.82) is 0 Å². The second-order valence-corrected chi connectivity index (χ2v) is 6.74. The Kier molecular flexibility index (Phi) is 5.52. The minimum absolute atomic E-state index is 0.0872. The van der Waals surface area contributed by atoms with Crippen molar-refractivity contribution >= 4 is 39.6 Å². The Hall–Kier alpha value is -1.66. The number of aryl methyl sites for hydroxylation is 2. The van der Waals surface area contributed by atoms with Crippen molar-refractivity contribution < 1.29 is 14.3 Å². The first kappa shape index (κ1) is 15.7. The van der Waals surface area contributed by atoms with Crippen LogP contribution in [0.15, 0.2) is 23.6 Å². The Morgan fingerprint density at radius 3 is 2.86 bits per heavy atom. The van der Waals surface area contributed by atoms with Gasteiger partial charge in [0.25, 0.3) is 0 Å². The highest BCUT2D eigenvalue weighted by Gasteiger charge is 2.17. The average molecular weight is 323 g/mol. The minimum atomic E-state index is -0.393. The van der Waals surface area contributed by atoms with E-state index in [4.69, 9.17) is 4.74 Å². The molecule has 0 radical (unpaired) electrons. The maximum absolute atomic E-state index is 12.0. The molecule has 0 aromatic carbocycles. The zero-order valence-electron chi connectivity index (χ0n) is 12.0. The second kappa shape index (κ2) is 7.38. The standard InChI is InChI=1S/C15H17NO3S2/c1-3-19-15(18)12-9-10(2)21-14(12)16-13(17)7-6-11-5-4-8-20-11/h4-5,8-9H,3,6-7H2,1-2H3,(H,16,17). The number of anilines is 1. The molecule has 6 heteroatoms. The average Bonchev–Trinajstić information content (AvgIpc) is 3.06. The summed E-state index contributed by atoms with van der Waals surface area (Å²) in [5.41, 5.74) is 0.434. The van der Waals surface area contributed by atoms with E-state index >= 15 is 0 Å². The third-order valence-corrected chi connectivity index (χ3v) is 4.68. The number of hydrogen-bond acceptors (Lipinski definition) is 5. The van der Waals surface area contributed by atoms with Crippen LogP contribution in [0.3, 0.4) is 0 Å². The molecule has 2 aromatic heterocycles. The third kappa shape index (κ3) is 4.41. The number of carbonyl (C=O) groups is 2. The Balaban J connectivity index is 1.98. The van der Waals surface area contributed by atoms with Gasteiger partial charge in [-0.05, 0) is 37.8 Å². The largest absolute Gasteiger partial charge is 0.462 e. The lowest BCUT2D eigenvalue weighted by Gasteiger charge is -2.05. The molecule has 2 heterocycles. The highest BCUT2D eigenvalue weighted by Crippen LogP contribution is 2.28. The van der Waals surface area contributed by atoms with Crippen LogP contribution in [0.4, 0.5) is 5.00 Å². The highest BCUT2D eigenvalue weighted by atomic mass is 32.1. The van der Waals surface area contributed by atoms with E-state index in [2.05, 4.69) is 5.32 Å². The predicted molar refractivity (Wildman–Crippen MR) is 86.3 cm³/mol. The molecule has 1 amide bonds. The Labute approximate surface area is 131 Å². The maximum Gasteiger partial charge on any atom is 0.341 e. The van der Waals surface area contributed by atoms with Gasteiger partial charge in [-0.2, -0.15) is 0 Å². The van der Waals surface area contributed by atoms with Gasteiger partial charge in [-0.15, -0.1) is 22.7 Å². The van der Waals surface area contributed by atoms with Crippen molar-refractivity contribution in [2.24, 2.45) is 0 Å². The van der Waals surface area contributed by atoms with E-state index < -0.39 is 5.97 Å². The van der Waals surface area contributed by atoms with E-state index in [1.54, 1.807) is 24.3 Å². The fourth-order valence-electron chi connectivity index (χ4n) is 1.85. The lowest BCUT2D eigenvalue weighted by Crippen LogP contribution is -2.14. The van der Waals surface area contributed by atoms with E-state index in [1.807, 2.05) is 24.4 Å². The molecule has 0 saturated heterocycles. The minimum Gasteiger partial charge on any atom is -0.462 e. The van der Waals surface area contributed by atoms with Crippen LogP contribution in [0.5, 0.6) is 0 Å². The molecular formula is C15H17NO3S2. The van der Waals surface area contributed by atoms with Crippen LogP contribution >= 0.6 is 22.7 Å². The van der Waals surface area contributed by atoms with Crippen molar-refractivity contribution in [3.05, 3.63) is 38.9 Å². The molecule has 0 aliphatic carbocycles. The molecule has 0 aliphatic rings. The molecule has 21 heavy (non-hydrogen) atoms. The first-order chi connectivity index (χ1) is 10.1. The molecule has 0 spiro atoms. The number of esters is 1. The molecule has 112 valence electrons. The molecule has 0 unspecified atom stereocenters. The fourth-order valence-corrected chi connectivity index (χ4v) is 3.47. The number of nitrogens with one attached hydrogen (secondary N) is 1. The summed E-state index contributed by atoms with van der Waals surface area (Å²) in [4.78, 5) is 26.0. The lowest BCUT2D eigenvalue weighted by atomic mass is 10.2. The highest BCUT2D eigenvalue weighted by molar-refractivity contribution is 7.16. The molecule has 2 aromatic rings. The van der Waals surface area contributed by atoms with Crippen LogP contribution in [0.2, 0.25) is 0 Å². The number of hydrogen-bond donors (Lipinski definition) is 1. The van der Waals surface area contributed by atoms with Gasteiger partial charge in [0.1, 0.15) is 5.00 Å². The quantitative estimate of drug-likeness (QED) is 0.821. The summed E-state index contributed by atoms with van der Waals surface area (Å²) in [6.07, 6.45) is 1.11. The smallest absolute Gasteiger partial charge is 0.341 e. The van der Waals surface area contributed by atoms with Crippen LogP contribution in [-0.4, -0.2) is 18.5 Å². The molecule has 1 N–H and O–H groups in total. The van der Waals surface area contributed by atoms with E-state index in [0.717, 1.165) is 4.88 Å². The summed E-state index contributed by atoms with van der Waals surface area (Å²) in [5.74, 6) is -0.480. The number of thiophene rings is 2. The lowest BCUT2D eigenvalue weighted by molar-refractivity contribution is -0.116. The molecule has 4 nitrogen and oxygen atoms in total. The van der Waals surface area contributed by atoms with Gasteiger partial charge < -0.3 is 10.1 Å². The normalized spacial score (nSPS) is 10.4. The van der Waals surface area contributed by atoms with E-state index in [9.17, 15) is 9.59 Å². The van der Waals surface area contributed by atoms with Crippen LogP contribution in [0.1, 0.15) is 33.5 Å². The Bertz CT molecular complexity index is 617. The zero-order chi connectivity index (χ0) is 15.2. The maximum atomic E-state index is 12.0. The molecule has 0 fully saturated rings. The van der Waals surface area contributed by atoms with Crippen molar-refractivity contribution in [3.8, 4) is 0 Å². The van der Waals surface area contributed by atoms with Crippen molar-refractivity contribution in [2.75, 3.05) is 11.9 Å². The van der Waals surface area contributed by atoms with E-state index in [0.29, 0.717) is 30.0 Å². The third-order valence-electron chi connectivity index (χ3n) is 2.78. The molecule has 0 atom stereocenters. The summed E-state index contributed by atoms with van der Waals surface area (Å²) >= 11 is 3.03. The first-order valence-corrected chi connectivity index (χ1v) is 8.39.